The fourth-order valence-corrected chi connectivity index (χ4v) is 3.15. The first-order valence-electron chi connectivity index (χ1n) is 9.30. The number of phenolic OH excluding ortho intramolecular Hbond substituents is 2. The molecule has 0 radical (unpaired) electrons. The molecule has 0 unspecified atom stereocenters. The zero-order valence-corrected chi connectivity index (χ0v) is 16.4. The number of amides is 4. The molecule has 0 aliphatic carbocycles. The molecule has 0 spiro atoms. The molecule has 9 nitrogen and oxygen atoms in total. The average molecular weight is 411 g/mol. The Balaban J connectivity index is 1.57. The van der Waals surface area contributed by atoms with Crippen LogP contribution in [-0.4, -0.2) is 57.9 Å². The molecule has 1 aliphatic rings. The van der Waals surface area contributed by atoms with Gasteiger partial charge in [-0.05, 0) is 44.2 Å². The van der Waals surface area contributed by atoms with Crippen LogP contribution in [0.2, 0.25) is 0 Å². The molecule has 2 aromatic rings. The molecule has 0 atom stereocenters. The summed E-state index contributed by atoms with van der Waals surface area (Å²) < 4.78 is 0. The molecule has 0 bridgehead atoms. The van der Waals surface area contributed by atoms with Crippen molar-refractivity contribution >= 4 is 23.6 Å². The summed E-state index contributed by atoms with van der Waals surface area (Å²) in [6, 6.07) is 7.55. The Morgan fingerprint density at radius 1 is 0.833 bits per heavy atom. The number of nitrogens with zero attached hydrogens (tertiary/aromatic N) is 1. The second-order valence-electron chi connectivity index (χ2n) is 7.08. The SMILES string of the molecule is CC(C)N1C(=O)c2ccc(C(=O)NCCNC(=O)c3cc(O)cc(O)c3)cc2C1=O. The Hall–Kier alpha value is -3.88. The van der Waals surface area contributed by atoms with Crippen molar-refractivity contribution in [3.05, 3.63) is 58.7 Å². The first-order valence-corrected chi connectivity index (χ1v) is 9.30. The maximum absolute atomic E-state index is 12.4. The molecular formula is C21H21N3O6. The minimum Gasteiger partial charge on any atom is -0.508 e. The molecular weight excluding hydrogens is 390 g/mol. The standard InChI is InChI=1S/C21H21N3O6/c1-11(2)24-20(29)16-4-3-12(9-17(16)21(24)30)18(27)22-5-6-23-19(28)13-7-14(25)10-15(26)8-13/h3-4,7-11,25-26H,5-6H2,1-2H3,(H,22,27)(H,23,28). The third-order valence-corrected chi connectivity index (χ3v) is 4.56. The first-order chi connectivity index (χ1) is 14.2. The molecule has 0 saturated carbocycles. The van der Waals surface area contributed by atoms with Gasteiger partial charge in [-0.2, -0.15) is 0 Å². The summed E-state index contributed by atoms with van der Waals surface area (Å²) in [7, 11) is 0. The quantitative estimate of drug-likeness (QED) is 0.417. The van der Waals surface area contributed by atoms with Crippen molar-refractivity contribution in [2.24, 2.45) is 0 Å². The van der Waals surface area contributed by atoms with Gasteiger partial charge in [0.15, 0.2) is 0 Å². The number of hydrogen-bond acceptors (Lipinski definition) is 6. The highest BCUT2D eigenvalue weighted by atomic mass is 16.3. The van der Waals surface area contributed by atoms with E-state index in [1.165, 1.54) is 30.3 Å². The van der Waals surface area contributed by atoms with Crippen LogP contribution in [0.4, 0.5) is 0 Å². The lowest BCUT2D eigenvalue weighted by molar-refractivity contribution is 0.0608. The summed E-state index contributed by atoms with van der Waals surface area (Å²) in [5, 5.41) is 24.0. The fraction of sp³-hybridized carbons (Fsp3) is 0.238. The van der Waals surface area contributed by atoms with Crippen LogP contribution in [0, 0.1) is 0 Å². The van der Waals surface area contributed by atoms with Gasteiger partial charge in [-0.25, -0.2) is 0 Å². The largest absolute Gasteiger partial charge is 0.508 e. The van der Waals surface area contributed by atoms with E-state index in [-0.39, 0.29) is 58.8 Å². The smallest absolute Gasteiger partial charge is 0.261 e. The third kappa shape index (κ3) is 4.09. The summed E-state index contributed by atoms with van der Waals surface area (Å²) in [6.07, 6.45) is 0. The number of carbonyl (C=O) groups is 4. The van der Waals surface area contributed by atoms with Gasteiger partial charge in [0.1, 0.15) is 11.5 Å². The molecule has 3 rings (SSSR count). The number of carbonyl (C=O) groups excluding carboxylic acids is 4. The number of aromatic hydroxyl groups is 2. The maximum atomic E-state index is 12.4. The van der Waals surface area contributed by atoms with E-state index in [0.717, 1.165) is 11.0 Å². The van der Waals surface area contributed by atoms with E-state index in [1.807, 2.05) is 0 Å². The molecule has 4 N–H and O–H groups in total. The van der Waals surface area contributed by atoms with Crippen molar-refractivity contribution in [1.29, 1.82) is 0 Å². The molecule has 0 aromatic heterocycles. The second kappa shape index (κ2) is 8.24. The minimum atomic E-state index is -0.522. The van der Waals surface area contributed by atoms with E-state index in [0.29, 0.717) is 0 Å². The van der Waals surface area contributed by atoms with E-state index in [1.54, 1.807) is 13.8 Å². The van der Waals surface area contributed by atoms with Crippen LogP contribution in [0.15, 0.2) is 36.4 Å². The van der Waals surface area contributed by atoms with E-state index >= 15 is 0 Å². The fourth-order valence-electron chi connectivity index (χ4n) is 3.15. The number of benzene rings is 2. The van der Waals surface area contributed by atoms with Crippen LogP contribution in [0.5, 0.6) is 11.5 Å². The third-order valence-electron chi connectivity index (χ3n) is 4.56. The average Bonchev–Trinajstić information content (AvgIpc) is 2.94. The Morgan fingerprint density at radius 2 is 1.37 bits per heavy atom. The van der Waals surface area contributed by atoms with Crippen LogP contribution in [0.3, 0.4) is 0 Å². The van der Waals surface area contributed by atoms with Crippen LogP contribution in [0.25, 0.3) is 0 Å². The van der Waals surface area contributed by atoms with Crippen molar-refractivity contribution in [3.63, 3.8) is 0 Å². The van der Waals surface area contributed by atoms with Crippen molar-refractivity contribution in [2.45, 2.75) is 19.9 Å². The summed E-state index contributed by atoms with van der Waals surface area (Å²) in [6.45, 7) is 3.69. The molecule has 0 saturated heterocycles. The monoisotopic (exact) mass is 411 g/mol. The Bertz CT molecular complexity index is 1030. The minimum absolute atomic E-state index is 0.0790. The molecule has 1 heterocycles. The first kappa shape index (κ1) is 20.8. The lowest BCUT2D eigenvalue weighted by atomic mass is 10.1. The normalized spacial score (nSPS) is 12.8. The maximum Gasteiger partial charge on any atom is 0.261 e. The van der Waals surface area contributed by atoms with Gasteiger partial charge in [-0.15, -0.1) is 0 Å². The second-order valence-corrected chi connectivity index (χ2v) is 7.08. The summed E-state index contributed by atoms with van der Waals surface area (Å²) in [5.74, 6) is -2.27. The molecule has 30 heavy (non-hydrogen) atoms. The molecule has 1 aliphatic heterocycles. The highest BCUT2D eigenvalue weighted by molar-refractivity contribution is 6.22. The van der Waals surface area contributed by atoms with E-state index < -0.39 is 17.7 Å². The van der Waals surface area contributed by atoms with Gasteiger partial charge in [0.25, 0.3) is 23.6 Å². The van der Waals surface area contributed by atoms with Gasteiger partial charge < -0.3 is 20.8 Å². The van der Waals surface area contributed by atoms with Crippen LogP contribution < -0.4 is 10.6 Å². The van der Waals surface area contributed by atoms with E-state index in [9.17, 15) is 29.4 Å². The number of imide groups is 1. The Kier molecular flexibility index (Phi) is 5.72. The summed E-state index contributed by atoms with van der Waals surface area (Å²) in [5.41, 5.74) is 0.769. The van der Waals surface area contributed by atoms with Gasteiger partial charge in [-0.1, -0.05) is 0 Å². The summed E-state index contributed by atoms with van der Waals surface area (Å²) >= 11 is 0. The predicted octanol–water partition coefficient (Wildman–Crippen LogP) is 1.26. The number of hydrogen-bond donors (Lipinski definition) is 4. The van der Waals surface area contributed by atoms with Crippen LogP contribution in [-0.2, 0) is 0 Å². The number of fused-ring (bicyclic) bond motifs is 1. The summed E-state index contributed by atoms with van der Waals surface area (Å²) in [4.78, 5) is 50.3. The van der Waals surface area contributed by atoms with Crippen molar-refractivity contribution in [1.82, 2.24) is 15.5 Å². The van der Waals surface area contributed by atoms with Crippen LogP contribution >= 0.6 is 0 Å². The predicted molar refractivity (Wildman–Crippen MR) is 107 cm³/mol. The van der Waals surface area contributed by atoms with Crippen molar-refractivity contribution in [2.75, 3.05) is 13.1 Å². The van der Waals surface area contributed by atoms with E-state index in [2.05, 4.69) is 10.6 Å². The van der Waals surface area contributed by atoms with Gasteiger partial charge in [0.05, 0.1) is 11.1 Å². The molecule has 2 aromatic carbocycles. The molecule has 9 heteroatoms. The zero-order chi connectivity index (χ0) is 22.0. The Labute approximate surface area is 172 Å². The van der Waals surface area contributed by atoms with Gasteiger partial charge >= 0.3 is 0 Å². The lowest BCUT2D eigenvalue weighted by Crippen LogP contribution is -2.36. The molecule has 0 fully saturated rings. The Morgan fingerprint density at radius 3 is 1.93 bits per heavy atom. The van der Waals surface area contributed by atoms with Gasteiger partial charge in [0.2, 0.25) is 0 Å². The van der Waals surface area contributed by atoms with Crippen molar-refractivity contribution in [3.8, 4) is 11.5 Å². The van der Waals surface area contributed by atoms with Gasteiger partial charge in [-0.3, -0.25) is 24.1 Å². The number of phenols is 2. The number of rotatable bonds is 6. The number of nitrogens with one attached hydrogen (secondary N) is 2. The topological polar surface area (TPSA) is 136 Å². The zero-order valence-electron chi connectivity index (χ0n) is 16.4. The van der Waals surface area contributed by atoms with E-state index in [4.69, 9.17) is 0 Å². The van der Waals surface area contributed by atoms with Crippen molar-refractivity contribution < 1.29 is 29.4 Å². The lowest BCUT2D eigenvalue weighted by Gasteiger charge is -2.17. The molecule has 156 valence electrons. The van der Waals surface area contributed by atoms with Crippen LogP contribution in [0.1, 0.15) is 55.3 Å². The van der Waals surface area contributed by atoms with Gasteiger partial charge in [0, 0.05) is 36.3 Å². The highest BCUT2D eigenvalue weighted by Gasteiger charge is 2.37. The molecule has 4 amide bonds. The highest BCUT2D eigenvalue weighted by Crippen LogP contribution is 2.25.